The third kappa shape index (κ3) is 4.32. The van der Waals surface area contributed by atoms with Crippen LogP contribution in [-0.4, -0.2) is 23.7 Å². The van der Waals surface area contributed by atoms with Gasteiger partial charge in [-0.1, -0.05) is 30.9 Å². The average Bonchev–Trinajstić information content (AvgIpc) is 2.95. The summed E-state index contributed by atoms with van der Waals surface area (Å²) in [6.07, 6.45) is 3.28. The van der Waals surface area contributed by atoms with E-state index < -0.39 is 5.91 Å². The molecule has 1 saturated heterocycles. The molecule has 2 aromatic rings. The molecule has 0 atom stereocenters. The molecule has 3 rings (SSSR count). The van der Waals surface area contributed by atoms with Crippen LogP contribution in [0.25, 0.3) is 6.08 Å². The normalized spacial score (nSPS) is 15.0. The molecule has 0 aromatic heterocycles. The zero-order chi connectivity index (χ0) is 20.1. The fourth-order valence-electron chi connectivity index (χ4n) is 2.61. The number of hydrogen-bond donors (Lipinski definition) is 1. The lowest BCUT2D eigenvalue weighted by Gasteiger charge is -2.13. The van der Waals surface area contributed by atoms with Crippen molar-refractivity contribution in [2.45, 2.75) is 6.92 Å². The van der Waals surface area contributed by atoms with E-state index in [0.717, 1.165) is 16.7 Å². The van der Waals surface area contributed by atoms with E-state index in [1.54, 1.807) is 42.5 Å². The van der Waals surface area contributed by atoms with Crippen LogP contribution >= 0.6 is 11.8 Å². The number of carbonyl (C=O) groups is 3. The van der Waals surface area contributed by atoms with Crippen molar-refractivity contribution >= 4 is 46.3 Å². The number of hydrogen-bond acceptors (Lipinski definition) is 5. The van der Waals surface area contributed by atoms with Crippen molar-refractivity contribution < 1.29 is 19.1 Å². The molecular weight excluding hydrogens is 376 g/mol. The lowest BCUT2D eigenvalue weighted by atomic mass is 10.2. The molecule has 142 valence electrons. The van der Waals surface area contributed by atoms with Crippen molar-refractivity contribution in [1.29, 1.82) is 0 Å². The second kappa shape index (κ2) is 8.58. The van der Waals surface area contributed by atoms with Crippen molar-refractivity contribution in [2.75, 3.05) is 16.8 Å². The van der Waals surface area contributed by atoms with Gasteiger partial charge >= 0.3 is 0 Å². The van der Waals surface area contributed by atoms with Crippen LogP contribution in [0.5, 0.6) is 5.75 Å². The van der Waals surface area contributed by atoms with Gasteiger partial charge in [-0.2, -0.15) is 0 Å². The number of para-hydroxylation sites is 1. The summed E-state index contributed by atoms with van der Waals surface area (Å²) >= 11 is 0.872. The molecule has 6 nitrogen and oxygen atoms in total. The summed E-state index contributed by atoms with van der Waals surface area (Å²) in [5.41, 5.74) is 1.74. The summed E-state index contributed by atoms with van der Waals surface area (Å²) in [5.74, 6) is 0.00819. The van der Waals surface area contributed by atoms with Crippen molar-refractivity contribution in [2.24, 2.45) is 0 Å². The molecule has 3 amide bonds. The second-order valence-electron chi connectivity index (χ2n) is 5.88. The van der Waals surface area contributed by atoms with Gasteiger partial charge in [-0.25, -0.2) is 4.90 Å². The molecule has 0 spiro atoms. The maximum atomic E-state index is 12.8. The molecule has 1 fully saturated rings. The Morgan fingerprint density at radius 1 is 1.18 bits per heavy atom. The van der Waals surface area contributed by atoms with Gasteiger partial charge in [-0.15, -0.1) is 0 Å². The van der Waals surface area contributed by atoms with E-state index >= 15 is 0 Å². The van der Waals surface area contributed by atoms with Crippen LogP contribution in [0.2, 0.25) is 0 Å². The van der Waals surface area contributed by atoms with E-state index in [-0.39, 0.29) is 11.1 Å². The highest BCUT2D eigenvalue weighted by molar-refractivity contribution is 8.19. The van der Waals surface area contributed by atoms with Crippen LogP contribution in [0.15, 0.2) is 66.1 Å². The zero-order valence-corrected chi connectivity index (χ0v) is 16.0. The Morgan fingerprint density at radius 2 is 1.89 bits per heavy atom. The predicted octanol–water partition coefficient (Wildman–Crippen LogP) is 4.45. The maximum Gasteiger partial charge on any atom is 0.298 e. The minimum atomic E-state index is -0.402. The number of rotatable bonds is 6. The smallest absolute Gasteiger partial charge is 0.298 e. The van der Waals surface area contributed by atoms with Crippen LogP contribution in [0, 0.1) is 0 Å². The molecule has 0 radical (unpaired) electrons. The SMILES string of the molecule is C=CCOc1ccccc1/C=C1\SC(=O)N(c2ccc(NC(C)=O)cc2)C1=O. The molecule has 1 aliphatic rings. The minimum Gasteiger partial charge on any atom is -0.489 e. The number of nitrogens with zero attached hydrogens (tertiary/aromatic N) is 1. The lowest BCUT2D eigenvalue weighted by molar-refractivity contribution is -0.114. The first-order chi connectivity index (χ1) is 13.5. The number of benzene rings is 2. The Labute approximate surface area is 166 Å². The van der Waals surface area contributed by atoms with Crippen LogP contribution in [0.4, 0.5) is 16.2 Å². The Morgan fingerprint density at radius 3 is 2.57 bits per heavy atom. The summed E-state index contributed by atoms with van der Waals surface area (Å²) < 4.78 is 5.60. The van der Waals surface area contributed by atoms with Crippen molar-refractivity contribution in [3.63, 3.8) is 0 Å². The molecule has 0 unspecified atom stereocenters. The van der Waals surface area contributed by atoms with Gasteiger partial charge in [-0.3, -0.25) is 14.4 Å². The largest absolute Gasteiger partial charge is 0.489 e. The van der Waals surface area contributed by atoms with Crippen molar-refractivity contribution in [3.05, 3.63) is 71.7 Å². The molecule has 1 N–H and O–H groups in total. The zero-order valence-electron chi connectivity index (χ0n) is 15.2. The quantitative estimate of drug-likeness (QED) is 0.579. The van der Waals surface area contributed by atoms with Gasteiger partial charge in [0.25, 0.3) is 11.1 Å². The van der Waals surface area contributed by atoms with Crippen LogP contribution in [-0.2, 0) is 9.59 Å². The Kier molecular flexibility index (Phi) is 5.96. The van der Waals surface area contributed by atoms with Gasteiger partial charge in [0.1, 0.15) is 12.4 Å². The number of ether oxygens (including phenoxy) is 1. The Balaban J connectivity index is 1.85. The first-order valence-electron chi connectivity index (χ1n) is 8.48. The van der Waals surface area contributed by atoms with E-state index in [4.69, 9.17) is 4.74 Å². The van der Waals surface area contributed by atoms with Gasteiger partial charge in [0, 0.05) is 18.2 Å². The fourth-order valence-corrected chi connectivity index (χ4v) is 3.44. The molecular formula is C21H18N2O4S. The first kappa shape index (κ1) is 19.4. The summed E-state index contributed by atoms with van der Waals surface area (Å²) in [5, 5.41) is 2.26. The Hall–Kier alpha value is -3.32. The summed E-state index contributed by atoms with van der Waals surface area (Å²) in [6.45, 7) is 5.37. The standard InChI is InChI=1S/C21H18N2O4S/c1-3-12-27-18-7-5-4-6-15(18)13-19-20(25)23(21(26)28-19)17-10-8-16(9-11-17)22-14(2)24/h3-11,13H,1,12H2,2H3,(H,22,24)/b19-13-. The number of carbonyl (C=O) groups excluding carboxylic acids is 3. The fraction of sp³-hybridized carbons (Fsp3) is 0.0952. The average molecular weight is 394 g/mol. The molecule has 1 aliphatic heterocycles. The maximum absolute atomic E-state index is 12.8. The van der Waals surface area contributed by atoms with Gasteiger partial charge in [0.05, 0.1) is 10.6 Å². The van der Waals surface area contributed by atoms with Crippen LogP contribution in [0.1, 0.15) is 12.5 Å². The lowest BCUT2D eigenvalue weighted by Crippen LogP contribution is -2.27. The van der Waals surface area contributed by atoms with E-state index in [2.05, 4.69) is 11.9 Å². The van der Waals surface area contributed by atoms with Crippen LogP contribution < -0.4 is 15.0 Å². The number of nitrogens with one attached hydrogen (secondary N) is 1. The highest BCUT2D eigenvalue weighted by Gasteiger charge is 2.36. The Bertz CT molecular complexity index is 967. The monoisotopic (exact) mass is 394 g/mol. The number of thioether (sulfide) groups is 1. The molecule has 2 aromatic carbocycles. The van der Waals surface area contributed by atoms with E-state index in [9.17, 15) is 14.4 Å². The second-order valence-corrected chi connectivity index (χ2v) is 6.88. The molecule has 7 heteroatoms. The number of imide groups is 1. The van der Waals surface area contributed by atoms with Crippen molar-refractivity contribution in [1.82, 2.24) is 0 Å². The predicted molar refractivity (Wildman–Crippen MR) is 111 cm³/mol. The van der Waals surface area contributed by atoms with E-state index in [0.29, 0.717) is 34.2 Å². The highest BCUT2D eigenvalue weighted by atomic mass is 32.2. The molecule has 0 bridgehead atoms. The first-order valence-corrected chi connectivity index (χ1v) is 9.29. The molecule has 1 heterocycles. The molecule has 0 saturated carbocycles. The highest BCUT2D eigenvalue weighted by Crippen LogP contribution is 2.37. The number of amides is 3. The topological polar surface area (TPSA) is 75.7 Å². The third-order valence-corrected chi connectivity index (χ3v) is 4.67. The summed E-state index contributed by atoms with van der Waals surface area (Å²) in [6, 6.07) is 13.8. The van der Waals surface area contributed by atoms with E-state index in [1.165, 1.54) is 6.92 Å². The van der Waals surface area contributed by atoms with Gasteiger partial charge in [0.2, 0.25) is 5.91 Å². The summed E-state index contributed by atoms with van der Waals surface area (Å²) in [4.78, 5) is 37.8. The van der Waals surface area contributed by atoms with Crippen molar-refractivity contribution in [3.8, 4) is 5.75 Å². The molecule has 0 aliphatic carbocycles. The third-order valence-electron chi connectivity index (χ3n) is 3.80. The number of anilines is 2. The molecule has 28 heavy (non-hydrogen) atoms. The minimum absolute atomic E-state index is 0.195. The van der Waals surface area contributed by atoms with Gasteiger partial charge in [0.15, 0.2) is 0 Å². The van der Waals surface area contributed by atoms with Gasteiger partial charge in [-0.05, 0) is 48.2 Å². The van der Waals surface area contributed by atoms with Crippen LogP contribution in [0.3, 0.4) is 0 Å². The van der Waals surface area contributed by atoms with E-state index in [1.807, 2.05) is 18.2 Å². The van der Waals surface area contributed by atoms with Gasteiger partial charge < -0.3 is 10.1 Å². The summed E-state index contributed by atoms with van der Waals surface area (Å²) in [7, 11) is 0.